The quantitative estimate of drug-likeness (QED) is 0.341. The zero-order valence-corrected chi connectivity index (χ0v) is 12.3. The molecule has 1 aromatic rings. The zero-order valence-electron chi connectivity index (χ0n) is 12.3. The Balaban J connectivity index is 2.22. The third-order valence-electron chi connectivity index (χ3n) is 3.45. The molecule has 132 valence electrons. The maximum absolute atomic E-state index is 13.2. The lowest BCUT2D eigenvalue weighted by molar-refractivity contribution is -0.291. The van der Waals surface area contributed by atoms with Crippen molar-refractivity contribution in [3.05, 3.63) is 41.4 Å². The van der Waals surface area contributed by atoms with Gasteiger partial charge in [0.2, 0.25) is 12.0 Å². The minimum absolute atomic E-state index is 0.192. The van der Waals surface area contributed by atoms with Crippen LogP contribution >= 0.6 is 0 Å². The highest BCUT2D eigenvalue weighted by molar-refractivity contribution is 5.89. The van der Waals surface area contributed by atoms with E-state index in [1.165, 1.54) is 18.2 Å². The summed E-state index contributed by atoms with van der Waals surface area (Å²) < 4.78 is 23.3. The first-order valence-corrected chi connectivity index (χ1v) is 7.01. The fraction of sp³-hybridized carbons (Fsp3) is 0.400. The smallest absolute Gasteiger partial charge is 0.371 e. The molecule has 1 aliphatic heterocycles. The fourth-order valence-electron chi connectivity index (χ4n) is 2.18. The van der Waals surface area contributed by atoms with Crippen LogP contribution in [0.15, 0.2) is 30.0 Å². The van der Waals surface area contributed by atoms with Crippen molar-refractivity contribution < 1.29 is 44.2 Å². The molecule has 0 bridgehead atoms. The molecule has 8 nitrogen and oxygen atoms in total. The molecule has 1 aliphatic rings. The molecule has 0 amide bonds. The van der Waals surface area contributed by atoms with Gasteiger partial charge in [-0.15, -0.1) is 0 Å². The molecule has 0 aliphatic carbocycles. The molecule has 1 saturated heterocycles. The Morgan fingerprint density at radius 3 is 2.54 bits per heavy atom. The summed E-state index contributed by atoms with van der Waals surface area (Å²) in [7, 11) is 0. The van der Waals surface area contributed by atoms with Crippen LogP contribution in [0.4, 0.5) is 4.39 Å². The first kappa shape index (κ1) is 18.3. The lowest BCUT2D eigenvalue weighted by Crippen LogP contribution is -2.59. The molecule has 0 radical (unpaired) electrons. The molecule has 1 heterocycles. The molecule has 0 saturated carbocycles. The van der Waals surface area contributed by atoms with Crippen LogP contribution in [0, 0.1) is 5.82 Å². The minimum atomic E-state index is -1.75. The summed E-state index contributed by atoms with van der Waals surface area (Å²) in [5.41, 5.74) is 0.192. The Labute approximate surface area is 136 Å². The average Bonchev–Trinajstić information content (AvgIpc) is 2.54. The van der Waals surface area contributed by atoms with Crippen LogP contribution in [0.1, 0.15) is 5.56 Å². The van der Waals surface area contributed by atoms with E-state index < -0.39 is 54.9 Å². The summed E-state index contributed by atoms with van der Waals surface area (Å²) in [4.78, 5) is 11.3. The van der Waals surface area contributed by atoms with Gasteiger partial charge in [0.05, 0.1) is 6.61 Å². The third-order valence-corrected chi connectivity index (χ3v) is 3.45. The Hall–Kier alpha value is -2.04. The number of hydrogen-bond acceptors (Lipinski definition) is 7. The van der Waals surface area contributed by atoms with Crippen LogP contribution < -0.4 is 0 Å². The van der Waals surface area contributed by atoms with Gasteiger partial charge < -0.3 is 35.0 Å². The summed E-state index contributed by atoms with van der Waals surface area (Å²) in [6, 6.07) is 5.05. The number of halogens is 1. The number of aliphatic carboxylic acids is 1. The Kier molecular flexibility index (Phi) is 5.86. The van der Waals surface area contributed by atoms with E-state index in [1.807, 2.05) is 0 Å². The predicted octanol–water partition coefficient (Wildman–Crippen LogP) is -0.932. The van der Waals surface area contributed by atoms with Gasteiger partial charge in [-0.3, -0.25) is 0 Å². The highest BCUT2D eigenvalue weighted by Gasteiger charge is 2.45. The van der Waals surface area contributed by atoms with Crippen molar-refractivity contribution in [3.8, 4) is 0 Å². The van der Waals surface area contributed by atoms with Gasteiger partial charge in [0.1, 0.15) is 30.2 Å². The summed E-state index contributed by atoms with van der Waals surface area (Å²) in [6.45, 7) is -0.680. The largest absolute Gasteiger partial charge is 0.475 e. The van der Waals surface area contributed by atoms with Crippen molar-refractivity contribution >= 4 is 12.0 Å². The average molecular weight is 344 g/mol. The van der Waals surface area contributed by atoms with E-state index in [2.05, 4.69) is 0 Å². The topological polar surface area (TPSA) is 137 Å². The number of rotatable bonds is 5. The minimum Gasteiger partial charge on any atom is -0.475 e. The predicted molar refractivity (Wildman–Crippen MR) is 76.9 cm³/mol. The van der Waals surface area contributed by atoms with Gasteiger partial charge >= 0.3 is 5.97 Å². The molecule has 5 N–H and O–H groups in total. The van der Waals surface area contributed by atoms with Crippen molar-refractivity contribution in [2.45, 2.75) is 30.7 Å². The second-order valence-electron chi connectivity index (χ2n) is 5.18. The summed E-state index contributed by atoms with van der Waals surface area (Å²) in [5, 5.41) is 47.4. The number of benzene rings is 1. The maximum Gasteiger partial charge on any atom is 0.371 e. The van der Waals surface area contributed by atoms with Gasteiger partial charge in [0, 0.05) is 0 Å². The highest BCUT2D eigenvalue weighted by Crippen LogP contribution is 2.24. The van der Waals surface area contributed by atoms with Crippen LogP contribution in [-0.2, 0) is 14.3 Å². The van der Waals surface area contributed by atoms with Crippen molar-refractivity contribution in [1.82, 2.24) is 0 Å². The van der Waals surface area contributed by atoms with Crippen LogP contribution in [0.25, 0.3) is 6.08 Å². The number of aliphatic hydroxyl groups excluding tert-OH is 4. The third kappa shape index (κ3) is 4.08. The van der Waals surface area contributed by atoms with Crippen LogP contribution in [0.3, 0.4) is 0 Å². The van der Waals surface area contributed by atoms with Gasteiger partial charge in [-0.2, -0.15) is 0 Å². The van der Waals surface area contributed by atoms with Crippen molar-refractivity contribution in [3.63, 3.8) is 0 Å². The standard InChI is InChI=1S/C15H17FO8/c16-8-3-1-2-7(4-8)5-9(14(21)22)23-15-13(20)12(19)11(18)10(6-17)24-15/h1-5,10-13,15,17-20H,6H2,(H,21,22)/b9-5+/t10-,11+,12-,13+,15-/m0/s1. The van der Waals surface area contributed by atoms with E-state index in [1.54, 1.807) is 0 Å². The van der Waals surface area contributed by atoms with Gasteiger partial charge in [0.15, 0.2) is 0 Å². The first-order chi connectivity index (χ1) is 11.3. The van der Waals surface area contributed by atoms with Gasteiger partial charge in [-0.1, -0.05) is 12.1 Å². The molecule has 5 atom stereocenters. The molecule has 0 aromatic heterocycles. The molecular formula is C15H17FO8. The van der Waals surface area contributed by atoms with Gasteiger partial charge in [-0.05, 0) is 23.8 Å². The molecule has 0 spiro atoms. The Morgan fingerprint density at radius 2 is 1.96 bits per heavy atom. The summed E-state index contributed by atoms with van der Waals surface area (Å²) in [5.74, 6) is -2.78. The summed E-state index contributed by atoms with van der Waals surface area (Å²) in [6.07, 6.45) is -6.92. The molecule has 1 fully saturated rings. The highest BCUT2D eigenvalue weighted by atomic mass is 19.1. The number of carboxylic acid groups (broad SMARTS) is 1. The molecular weight excluding hydrogens is 327 g/mol. The van der Waals surface area contributed by atoms with Gasteiger partial charge in [0.25, 0.3) is 0 Å². The van der Waals surface area contributed by atoms with E-state index in [4.69, 9.17) is 14.6 Å². The van der Waals surface area contributed by atoms with Crippen LogP contribution in [0.2, 0.25) is 0 Å². The number of carbonyl (C=O) groups is 1. The monoisotopic (exact) mass is 344 g/mol. The lowest BCUT2D eigenvalue weighted by atomic mass is 9.99. The molecule has 2 rings (SSSR count). The van der Waals surface area contributed by atoms with E-state index in [0.29, 0.717) is 0 Å². The van der Waals surface area contributed by atoms with E-state index in [9.17, 15) is 29.6 Å². The van der Waals surface area contributed by atoms with Crippen molar-refractivity contribution in [2.75, 3.05) is 6.61 Å². The Bertz CT molecular complexity index is 617. The van der Waals surface area contributed by atoms with E-state index in [-0.39, 0.29) is 5.56 Å². The number of aliphatic hydroxyl groups is 4. The fourth-order valence-corrected chi connectivity index (χ4v) is 2.18. The molecule has 0 unspecified atom stereocenters. The normalized spacial score (nSPS) is 30.9. The van der Waals surface area contributed by atoms with Crippen molar-refractivity contribution in [2.24, 2.45) is 0 Å². The number of hydrogen-bond donors (Lipinski definition) is 5. The summed E-state index contributed by atoms with van der Waals surface area (Å²) >= 11 is 0. The second-order valence-corrected chi connectivity index (χ2v) is 5.18. The van der Waals surface area contributed by atoms with Crippen molar-refractivity contribution in [1.29, 1.82) is 0 Å². The van der Waals surface area contributed by atoms with E-state index >= 15 is 0 Å². The number of carboxylic acids is 1. The van der Waals surface area contributed by atoms with Crippen LogP contribution in [0.5, 0.6) is 0 Å². The zero-order chi connectivity index (χ0) is 17.9. The first-order valence-electron chi connectivity index (χ1n) is 7.01. The lowest BCUT2D eigenvalue weighted by Gasteiger charge is -2.39. The number of ether oxygens (including phenoxy) is 2. The molecule has 9 heteroatoms. The Morgan fingerprint density at radius 1 is 1.25 bits per heavy atom. The second kappa shape index (κ2) is 7.69. The SMILES string of the molecule is O=C(O)/C(=C\c1cccc(F)c1)O[C@H]1O[C@@H](CO)[C@@H](O)[C@H](O)[C@H]1O. The van der Waals surface area contributed by atoms with Crippen LogP contribution in [-0.4, -0.2) is 68.8 Å². The molecule has 1 aromatic carbocycles. The van der Waals surface area contributed by atoms with Gasteiger partial charge in [-0.25, -0.2) is 9.18 Å². The van der Waals surface area contributed by atoms with E-state index in [0.717, 1.165) is 12.1 Å². The molecule has 24 heavy (non-hydrogen) atoms. The maximum atomic E-state index is 13.2.